The average molecular weight is 250 g/mol. The molecule has 0 saturated carbocycles. The summed E-state index contributed by atoms with van der Waals surface area (Å²) in [6, 6.07) is 1.18. The van der Waals surface area contributed by atoms with E-state index < -0.39 is 17.2 Å². The number of pyridine rings is 1. The van der Waals surface area contributed by atoms with Gasteiger partial charge in [-0.15, -0.1) is 0 Å². The molecule has 0 aliphatic carbocycles. The van der Waals surface area contributed by atoms with Crippen LogP contribution in [-0.2, 0) is 11.2 Å². The molecule has 96 valence electrons. The van der Waals surface area contributed by atoms with Crippen LogP contribution in [-0.4, -0.2) is 10.9 Å². The van der Waals surface area contributed by atoms with Crippen molar-refractivity contribution in [1.82, 2.24) is 4.98 Å². The van der Waals surface area contributed by atoms with Gasteiger partial charge in [0.25, 0.3) is 0 Å². The lowest BCUT2D eigenvalue weighted by Gasteiger charge is -2.00. The second kappa shape index (κ2) is 5.95. The molecule has 0 aromatic carbocycles. The summed E-state index contributed by atoms with van der Waals surface area (Å²) in [7, 11) is 0. The zero-order chi connectivity index (χ0) is 13.7. The fourth-order valence-electron chi connectivity index (χ4n) is 1.62. The Bertz CT molecular complexity index is 644. The van der Waals surface area contributed by atoms with Gasteiger partial charge in [-0.3, -0.25) is 9.59 Å². The van der Waals surface area contributed by atoms with Crippen LogP contribution in [0.5, 0.6) is 0 Å². The van der Waals surface area contributed by atoms with Crippen LogP contribution < -0.4 is 21.7 Å². The molecule has 18 heavy (non-hydrogen) atoms. The molecule has 0 spiro atoms. The van der Waals surface area contributed by atoms with Gasteiger partial charge in [0.05, 0.1) is 11.6 Å². The Hall–Kier alpha value is -2.17. The van der Waals surface area contributed by atoms with Crippen LogP contribution in [0.3, 0.4) is 0 Å². The van der Waals surface area contributed by atoms with Gasteiger partial charge in [-0.05, 0) is 12.5 Å². The highest BCUT2D eigenvalue weighted by Gasteiger charge is 2.04. The molecule has 1 aromatic heterocycles. The van der Waals surface area contributed by atoms with Crippen molar-refractivity contribution in [3.8, 4) is 0 Å². The Morgan fingerprint density at radius 3 is 2.78 bits per heavy atom. The fourth-order valence-corrected chi connectivity index (χ4v) is 1.62. The van der Waals surface area contributed by atoms with Crippen LogP contribution in [0.4, 0.5) is 4.39 Å². The lowest BCUT2D eigenvalue weighted by molar-refractivity contribution is -0.117. The number of amides is 1. The number of aromatic nitrogens is 1. The number of carbonyl (C=O) groups is 1. The van der Waals surface area contributed by atoms with Crippen LogP contribution in [0, 0.1) is 0 Å². The van der Waals surface area contributed by atoms with Crippen molar-refractivity contribution in [2.45, 2.75) is 19.8 Å². The van der Waals surface area contributed by atoms with E-state index >= 15 is 0 Å². The number of H-pyrrole nitrogens is 1. The highest BCUT2D eigenvalue weighted by Crippen LogP contribution is 1.92. The molecule has 0 radical (unpaired) electrons. The van der Waals surface area contributed by atoms with Gasteiger partial charge in [-0.2, -0.15) is 0 Å². The first-order valence-corrected chi connectivity index (χ1v) is 5.52. The molecule has 1 amide bonds. The summed E-state index contributed by atoms with van der Waals surface area (Å²) in [5.74, 6) is -1.25. The van der Waals surface area contributed by atoms with E-state index in [9.17, 15) is 14.0 Å². The van der Waals surface area contributed by atoms with E-state index in [1.807, 2.05) is 6.92 Å². The van der Waals surface area contributed by atoms with Gasteiger partial charge >= 0.3 is 0 Å². The van der Waals surface area contributed by atoms with Crippen molar-refractivity contribution in [1.29, 1.82) is 0 Å². The lowest BCUT2D eigenvalue weighted by Crippen LogP contribution is -2.43. The van der Waals surface area contributed by atoms with Crippen LogP contribution in [0.1, 0.15) is 19.0 Å². The number of nitrogens with two attached hydrogens (primary N) is 1. The maximum absolute atomic E-state index is 13.6. The molecular formula is C13H15FN2O2. The van der Waals surface area contributed by atoms with E-state index in [1.54, 1.807) is 6.08 Å². The summed E-state index contributed by atoms with van der Waals surface area (Å²) < 4.78 is 13.6. The van der Waals surface area contributed by atoms with Gasteiger partial charge in [0.15, 0.2) is 5.43 Å². The molecule has 4 nitrogen and oxygen atoms in total. The number of rotatable bonds is 4. The van der Waals surface area contributed by atoms with Gasteiger partial charge in [-0.1, -0.05) is 19.6 Å². The quantitative estimate of drug-likeness (QED) is 0.780. The monoisotopic (exact) mass is 250 g/mol. The number of primary amides is 1. The summed E-state index contributed by atoms with van der Waals surface area (Å²) in [5, 5.41) is 0.277. The smallest absolute Gasteiger partial charge is 0.223 e. The number of halogens is 1. The van der Waals surface area contributed by atoms with Crippen LogP contribution in [0.15, 0.2) is 23.5 Å². The third-order valence-corrected chi connectivity index (χ3v) is 2.31. The van der Waals surface area contributed by atoms with Crippen LogP contribution >= 0.6 is 0 Å². The molecule has 0 bridgehead atoms. The second-order valence-electron chi connectivity index (χ2n) is 3.76. The highest BCUT2D eigenvalue weighted by atomic mass is 19.1. The molecule has 0 unspecified atom stereocenters. The maximum atomic E-state index is 13.6. The van der Waals surface area contributed by atoms with Gasteiger partial charge in [0.2, 0.25) is 5.91 Å². The normalized spacial score (nSPS) is 13.3. The van der Waals surface area contributed by atoms with E-state index in [0.717, 1.165) is 6.08 Å². The predicted octanol–water partition coefficient (Wildman–Crippen LogP) is -0.143. The number of allylic oxidation sites excluding steroid dienone is 1. The number of hydrogen-bond acceptors (Lipinski definition) is 2. The van der Waals surface area contributed by atoms with Crippen LogP contribution in [0.2, 0.25) is 0 Å². The third kappa shape index (κ3) is 3.16. The molecule has 3 N–H and O–H groups in total. The number of aromatic amines is 1. The van der Waals surface area contributed by atoms with Crippen molar-refractivity contribution in [2.75, 3.05) is 0 Å². The largest absolute Gasteiger partial charge is 0.369 e. The molecule has 0 aliphatic rings. The average Bonchev–Trinajstić information content (AvgIpc) is 2.27. The predicted molar refractivity (Wildman–Crippen MR) is 68.7 cm³/mol. The Labute approximate surface area is 103 Å². The van der Waals surface area contributed by atoms with E-state index in [2.05, 4.69) is 11.6 Å². The number of nitrogens with one attached hydrogen (secondary N) is 1. The minimum atomic E-state index is -0.693. The second-order valence-corrected chi connectivity index (χ2v) is 3.76. The first-order chi connectivity index (χ1) is 8.49. The van der Waals surface area contributed by atoms with Crippen molar-refractivity contribution in [2.24, 2.45) is 5.73 Å². The molecule has 1 heterocycles. The van der Waals surface area contributed by atoms with Crippen molar-refractivity contribution in [3.05, 3.63) is 45.2 Å². The van der Waals surface area contributed by atoms with Gasteiger partial charge in [0, 0.05) is 17.1 Å². The standard InChI is InChI=1S/C13H15FN2O2/c1-3-5-10-13(9(14)4-2)11(17)6-8(16-10)7-12(15)18/h4-6,16H,2-3,7H2,1H3,(H2,15,18)/b10-5+,13-9-. The molecule has 0 saturated heterocycles. The highest BCUT2D eigenvalue weighted by molar-refractivity contribution is 5.76. The van der Waals surface area contributed by atoms with Crippen LogP contribution in [0.25, 0.3) is 11.9 Å². The van der Waals surface area contributed by atoms with E-state index in [0.29, 0.717) is 17.5 Å². The van der Waals surface area contributed by atoms with Crippen molar-refractivity contribution < 1.29 is 9.18 Å². The van der Waals surface area contributed by atoms with Crippen molar-refractivity contribution >= 4 is 17.8 Å². The molecule has 0 atom stereocenters. The fraction of sp³-hybridized carbons (Fsp3) is 0.231. The third-order valence-electron chi connectivity index (χ3n) is 2.31. The maximum Gasteiger partial charge on any atom is 0.223 e. The Morgan fingerprint density at radius 2 is 2.28 bits per heavy atom. The van der Waals surface area contributed by atoms with Gasteiger partial charge in [0.1, 0.15) is 5.83 Å². The summed E-state index contributed by atoms with van der Waals surface area (Å²) >= 11 is 0. The molecule has 0 aliphatic heterocycles. The first-order valence-electron chi connectivity index (χ1n) is 5.52. The minimum absolute atomic E-state index is 0.0694. The summed E-state index contributed by atoms with van der Waals surface area (Å²) in [5.41, 5.74) is 4.93. The SMILES string of the molecule is C=C/C(F)=c1/c(=O)cc(CC(N)=O)[nH]/c1=C/CC. The van der Waals surface area contributed by atoms with Gasteiger partial charge in [-0.25, -0.2) is 4.39 Å². The Morgan fingerprint density at radius 1 is 1.61 bits per heavy atom. The van der Waals surface area contributed by atoms with E-state index in [4.69, 9.17) is 5.73 Å². The Balaban J connectivity index is 3.68. The molecule has 1 aromatic rings. The van der Waals surface area contributed by atoms with E-state index in [-0.39, 0.29) is 11.6 Å². The number of hydrogen-bond donors (Lipinski definition) is 2. The zero-order valence-electron chi connectivity index (χ0n) is 10.1. The topological polar surface area (TPSA) is 76.0 Å². The number of carbonyl (C=O) groups excluding carboxylic acids is 1. The minimum Gasteiger partial charge on any atom is -0.369 e. The Kier molecular flexibility index (Phi) is 4.59. The van der Waals surface area contributed by atoms with Crippen molar-refractivity contribution in [3.63, 3.8) is 0 Å². The molecule has 1 rings (SSSR count). The van der Waals surface area contributed by atoms with E-state index in [1.165, 1.54) is 6.07 Å². The molecule has 5 heteroatoms. The summed E-state index contributed by atoms with van der Waals surface area (Å²) in [4.78, 5) is 25.5. The first kappa shape index (κ1) is 13.9. The zero-order valence-corrected chi connectivity index (χ0v) is 10.1. The molecule has 0 fully saturated rings. The molecular weight excluding hydrogens is 235 g/mol. The lowest BCUT2D eigenvalue weighted by atomic mass is 10.2. The summed E-state index contributed by atoms with van der Waals surface area (Å²) in [6.45, 7) is 5.15. The summed E-state index contributed by atoms with van der Waals surface area (Å²) in [6.07, 6.45) is 3.18. The van der Waals surface area contributed by atoms with Gasteiger partial charge < -0.3 is 10.7 Å².